The number of hydrogen-bond donors (Lipinski definition) is 1. The van der Waals surface area contributed by atoms with E-state index in [9.17, 15) is 17.6 Å². The molecule has 0 saturated carbocycles. The molecule has 1 aromatic heterocycles. The second-order valence-corrected chi connectivity index (χ2v) is 10.1. The molecule has 7 nitrogen and oxygen atoms in total. The molecule has 0 radical (unpaired) electrons. The highest BCUT2D eigenvalue weighted by atomic mass is 32.2. The summed E-state index contributed by atoms with van der Waals surface area (Å²) in [4.78, 5) is 17.7. The minimum Gasteiger partial charge on any atom is -0.497 e. The first kappa shape index (κ1) is 22.3. The fourth-order valence-corrected chi connectivity index (χ4v) is 5.31. The maximum atomic E-state index is 13.1. The van der Waals surface area contributed by atoms with Crippen LogP contribution in [-0.4, -0.2) is 62.3 Å². The Morgan fingerprint density at radius 2 is 1.88 bits per heavy atom. The summed E-state index contributed by atoms with van der Waals surface area (Å²) < 4.78 is 44.8. The summed E-state index contributed by atoms with van der Waals surface area (Å²) in [6, 6.07) is 10.5. The second kappa shape index (κ2) is 8.91. The van der Waals surface area contributed by atoms with Gasteiger partial charge in [-0.15, -0.1) is 0 Å². The SMILES string of the molecule is COc1ccc2[nH]cc(C3CCN(C(=O)CN(C)S(=O)(=O)c4ccc(F)cc4)CC3)c2c1. The average Bonchev–Trinajstić information content (AvgIpc) is 3.22. The van der Waals surface area contributed by atoms with Crippen LogP contribution < -0.4 is 4.74 Å². The van der Waals surface area contributed by atoms with E-state index in [-0.39, 0.29) is 17.3 Å². The Morgan fingerprint density at radius 3 is 2.53 bits per heavy atom. The number of carbonyl (C=O) groups excluding carboxylic acids is 1. The van der Waals surface area contributed by atoms with Gasteiger partial charge in [-0.25, -0.2) is 12.8 Å². The number of amides is 1. The van der Waals surface area contributed by atoms with Crippen LogP contribution in [0.25, 0.3) is 10.9 Å². The Hall–Kier alpha value is -2.91. The quantitative estimate of drug-likeness (QED) is 0.613. The first-order valence-electron chi connectivity index (χ1n) is 10.4. The van der Waals surface area contributed by atoms with Crippen LogP contribution in [0.2, 0.25) is 0 Å². The zero-order valence-corrected chi connectivity index (χ0v) is 18.9. The normalized spacial score (nSPS) is 15.4. The molecule has 32 heavy (non-hydrogen) atoms. The van der Waals surface area contributed by atoms with Crippen molar-refractivity contribution in [2.24, 2.45) is 0 Å². The molecular formula is C23H26FN3O4S. The van der Waals surface area contributed by atoms with Gasteiger partial charge in [0.15, 0.2) is 0 Å². The summed E-state index contributed by atoms with van der Waals surface area (Å²) in [5.41, 5.74) is 2.26. The molecule has 0 unspecified atom stereocenters. The van der Waals surface area contributed by atoms with Crippen LogP contribution in [0.5, 0.6) is 5.75 Å². The van der Waals surface area contributed by atoms with Crippen molar-refractivity contribution >= 4 is 26.8 Å². The number of hydrogen-bond acceptors (Lipinski definition) is 4. The topological polar surface area (TPSA) is 82.7 Å². The third-order valence-electron chi connectivity index (χ3n) is 6.09. The number of benzene rings is 2. The Kier molecular flexibility index (Phi) is 6.21. The molecule has 4 rings (SSSR count). The van der Waals surface area contributed by atoms with Crippen molar-refractivity contribution in [3.63, 3.8) is 0 Å². The lowest BCUT2D eigenvalue weighted by Gasteiger charge is -2.33. The van der Waals surface area contributed by atoms with Crippen LogP contribution in [0, 0.1) is 5.82 Å². The highest BCUT2D eigenvalue weighted by molar-refractivity contribution is 7.89. The number of methoxy groups -OCH3 is 1. The summed E-state index contributed by atoms with van der Waals surface area (Å²) in [5, 5.41) is 1.12. The third kappa shape index (κ3) is 4.35. The van der Waals surface area contributed by atoms with Crippen molar-refractivity contribution in [2.45, 2.75) is 23.7 Å². The third-order valence-corrected chi connectivity index (χ3v) is 7.91. The molecule has 3 aromatic rings. The van der Waals surface area contributed by atoms with E-state index in [4.69, 9.17) is 4.74 Å². The predicted octanol–water partition coefficient (Wildman–Crippen LogP) is 3.34. The van der Waals surface area contributed by atoms with Gasteiger partial charge in [0.25, 0.3) is 0 Å². The number of likely N-dealkylation sites (N-methyl/N-ethyl adjacent to an activating group) is 1. The molecule has 0 spiro atoms. The molecule has 170 valence electrons. The van der Waals surface area contributed by atoms with Crippen molar-refractivity contribution in [2.75, 3.05) is 33.8 Å². The number of sulfonamides is 1. The molecule has 0 bridgehead atoms. The lowest BCUT2D eigenvalue weighted by atomic mass is 9.89. The van der Waals surface area contributed by atoms with Crippen molar-refractivity contribution in [3.8, 4) is 5.75 Å². The lowest BCUT2D eigenvalue weighted by Crippen LogP contribution is -2.44. The van der Waals surface area contributed by atoms with Gasteiger partial charge in [-0.3, -0.25) is 4.79 Å². The lowest BCUT2D eigenvalue weighted by molar-refractivity contribution is -0.132. The summed E-state index contributed by atoms with van der Waals surface area (Å²) in [6.07, 6.45) is 3.62. The smallest absolute Gasteiger partial charge is 0.243 e. The van der Waals surface area contributed by atoms with E-state index in [2.05, 4.69) is 4.98 Å². The molecule has 1 amide bonds. The summed E-state index contributed by atoms with van der Waals surface area (Å²) >= 11 is 0. The van der Waals surface area contributed by atoms with Crippen molar-refractivity contribution < 1.29 is 22.3 Å². The number of piperidine rings is 1. The van der Waals surface area contributed by atoms with Gasteiger partial charge >= 0.3 is 0 Å². The molecule has 1 fully saturated rings. The van der Waals surface area contributed by atoms with Crippen molar-refractivity contribution in [1.82, 2.24) is 14.2 Å². The van der Waals surface area contributed by atoms with Gasteiger partial charge in [-0.05, 0) is 66.8 Å². The van der Waals surface area contributed by atoms with E-state index < -0.39 is 15.8 Å². The van der Waals surface area contributed by atoms with Gasteiger partial charge < -0.3 is 14.6 Å². The van der Waals surface area contributed by atoms with E-state index in [1.807, 2.05) is 24.4 Å². The summed E-state index contributed by atoms with van der Waals surface area (Å²) in [6.45, 7) is 0.865. The molecule has 1 N–H and O–H groups in total. The predicted molar refractivity (Wildman–Crippen MR) is 120 cm³/mol. The summed E-state index contributed by atoms with van der Waals surface area (Å²) in [5.74, 6) is 0.355. The zero-order chi connectivity index (χ0) is 22.9. The van der Waals surface area contributed by atoms with Crippen molar-refractivity contribution in [3.05, 3.63) is 60.0 Å². The van der Waals surface area contributed by atoms with Gasteiger partial charge in [-0.1, -0.05) is 0 Å². The number of aromatic nitrogens is 1. The second-order valence-electron chi connectivity index (χ2n) is 8.03. The highest BCUT2D eigenvalue weighted by Gasteiger charge is 2.29. The number of aromatic amines is 1. The molecule has 1 aliphatic heterocycles. The van der Waals surface area contributed by atoms with E-state index in [1.165, 1.54) is 24.7 Å². The Balaban J connectivity index is 1.39. The number of likely N-dealkylation sites (tertiary alicyclic amines) is 1. The fourth-order valence-electron chi connectivity index (χ4n) is 4.19. The molecule has 1 saturated heterocycles. The zero-order valence-electron chi connectivity index (χ0n) is 18.0. The van der Waals surface area contributed by atoms with Gasteiger partial charge in [0.2, 0.25) is 15.9 Å². The van der Waals surface area contributed by atoms with E-state index in [0.717, 1.165) is 45.9 Å². The van der Waals surface area contributed by atoms with Crippen LogP contribution in [0.15, 0.2) is 53.6 Å². The average molecular weight is 460 g/mol. The molecule has 9 heteroatoms. The molecule has 2 heterocycles. The highest BCUT2D eigenvalue weighted by Crippen LogP contribution is 2.34. The van der Waals surface area contributed by atoms with Crippen LogP contribution in [0.1, 0.15) is 24.3 Å². The van der Waals surface area contributed by atoms with Crippen molar-refractivity contribution in [1.29, 1.82) is 0 Å². The number of rotatable bonds is 6. The molecule has 0 atom stereocenters. The number of nitrogens with one attached hydrogen (secondary N) is 1. The van der Waals surface area contributed by atoms with E-state index >= 15 is 0 Å². The molecule has 2 aromatic carbocycles. The van der Waals surface area contributed by atoms with Crippen LogP contribution in [-0.2, 0) is 14.8 Å². The minimum absolute atomic E-state index is 0.0392. The van der Waals surface area contributed by atoms with Crippen LogP contribution in [0.4, 0.5) is 4.39 Å². The van der Waals surface area contributed by atoms with Crippen LogP contribution in [0.3, 0.4) is 0 Å². The standard InChI is InChI=1S/C23H26FN3O4S/c1-26(32(29,30)19-6-3-17(24)4-7-19)15-23(28)27-11-9-16(10-12-27)21-14-25-22-8-5-18(31-2)13-20(21)22/h3-8,13-14,16,25H,9-12,15H2,1-2H3. The minimum atomic E-state index is -3.86. The fraction of sp³-hybridized carbons (Fsp3) is 0.348. The number of ether oxygens (including phenoxy) is 1. The molecule has 0 aliphatic carbocycles. The van der Waals surface area contributed by atoms with Gasteiger partial charge in [0, 0.05) is 37.2 Å². The van der Waals surface area contributed by atoms with Gasteiger partial charge in [-0.2, -0.15) is 4.31 Å². The number of carbonyl (C=O) groups is 1. The summed E-state index contributed by atoms with van der Waals surface area (Å²) in [7, 11) is -0.856. The van der Waals surface area contributed by atoms with E-state index in [0.29, 0.717) is 19.0 Å². The first-order valence-corrected chi connectivity index (χ1v) is 11.9. The number of nitrogens with zero attached hydrogens (tertiary/aromatic N) is 2. The number of H-pyrrole nitrogens is 1. The molecule has 1 aliphatic rings. The van der Waals surface area contributed by atoms with Gasteiger partial charge in [0.1, 0.15) is 11.6 Å². The number of halogens is 1. The largest absolute Gasteiger partial charge is 0.497 e. The maximum absolute atomic E-state index is 13.1. The van der Waals surface area contributed by atoms with E-state index in [1.54, 1.807) is 12.0 Å². The molecular weight excluding hydrogens is 433 g/mol. The van der Waals surface area contributed by atoms with Crippen LogP contribution >= 0.6 is 0 Å². The monoisotopic (exact) mass is 459 g/mol. The maximum Gasteiger partial charge on any atom is 0.243 e. The first-order chi connectivity index (χ1) is 15.3. The Morgan fingerprint density at radius 1 is 1.19 bits per heavy atom. The van der Waals surface area contributed by atoms with Gasteiger partial charge in [0.05, 0.1) is 18.6 Å². The Bertz CT molecular complexity index is 1220. The number of fused-ring (bicyclic) bond motifs is 1. The Labute approximate surface area is 186 Å².